The lowest BCUT2D eigenvalue weighted by atomic mass is 9.78. The average molecular weight is 318 g/mol. The summed E-state index contributed by atoms with van der Waals surface area (Å²) in [5, 5.41) is 4.84. The maximum atomic E-state index is 6.45. The van der Waals surface area contributed by atoms with Crippen LogP contribution >= 0.6 is 23.2 Å². The van der Waals surface area contributed by atoms with E-state index in [0.717, 1.165) is 18.5 Å². The van der Waals surface area contributed by atoms with E-state index >= 15 is 0 Å². The number of rotatable bonds is 7. The lowest BCUT2D eigenvalue weighted by Gasteiger charge is -2.35. The fourth-order valence-corrected chi connectivity index (χ4v) is 2.74. The molecule has 0 bridgehead atoms. The van der Waals surface area contributed by atoms with Crippen LogP contribution in [-0.4, -0.2) is 13.2 Å². The molecule has 114 valence electrons. The third-order valence-corrected chi connectivity index (χ3v) is 4.39. The lowest BCUT2D eigenvalue weighted by Crippen LogP contribution is -2.34. The van der Waals surface area contributed by atoms with E-state index in [2.05, 4.69) is 33.0 Å². The van der Waals surface area contributed by atoms with Crippen LogP contribution < -0.4 is 10.1 Å². The van der Waals surface area contributed by atoms with Crippen LogP contribution in [0.5, 0.6) is 5.75 Å². The highest BCUT2D eigenvalue weighted by atomic mass is 35.5. The Bertz CT molecular complexity index is 446. The fraction of sp³-hybridized carbons (Fsp3) is 0.625. The molecule has 1 atom stereocenters. The van der Waals surface area contributed by atoms with Crippen molar-refractivity contribution in [2.45, 2.75) is 47.1 Å². The first-order valence-corrected chi connectivity index (χ1v) is 7.98. The van der Waals surface area contributed by atoms with Crippen molar-refractivity contribution < 1.29 is 4.74 Å². The summed E-state index contributed by atoms with van der Waals surface area (Å²) in [6.07, 6.45) is 1.05. The summed E-state index contributed by atoms with van der Waals surface area (Å²) in [6, 6.07) is 3.91. The number of benzene rings is 1. The molecule has 0 radical (unpaired) electrons. The summed E-state index contributed by atoms with van der Waals surface area (Å²) in [6.45, 7) is 12.2. The summed E-state index contributed by atoms with van der Waals surface area (Å²) in [5.41, 5.74) is 1.13. The van der Waals surface area contributed by atoms with Gasteiger partial charge >= 0.3 is 0 Å². The van der Waals surface area contributed by atoms with Crippen LogP contribution in [0, 0.1) is 5.41 Å². The summed E-state index contributed by atoms with van der Waals surface area (Å²) >= 11 is 12.8. The Kier molecular flexibility index (Phi) is 6.63. The zero-order chi connectivity index (χ0) is 15.3. The molecule has 0 heterocycles. The Morgan fingerprint density at radius 1 is 1.15 bits per heavy atom. The molecule has 0 aliphatic rings. The van der Waals surface area contributed by atoms with E-state index in [1.807, 2.05) is 19.1 Å². The molecule has 4 heteroatoms. The molecule has 0 fully saturated rings. The van der Waals surface area contributed by atoms with Gasteiger partial charge in [0.05, 0.1) is 11.6 Å². The monoisotopic (exact) mass is 317 g/mol. The Labute approximate surface area is 132 Å². The first kappa shape index (κ1) is 17.6. The normalized spacial score (nSPS) is 13.3. The van der Waals surface area contributed by atoms with Crippen molar-refractivity contribution in [3.8, 4) is 5.75 Å². The van der Waals surface area contributed by atoms with E-state index in [1.165, 1.54) is 0 Å². The second-order valence-electron chi connectivity index (χ2n) is 5.57. The zero-order valence-corrected chi connectivity index (χ0v) is 14.5. The van der Waals surface area contributed by atoms with Crippen LogP contribution in [0.1, 0.15) is 52.6 Å². The van der Waals surface area contributed by atoms with Crippen LogP contribution in [0.15, 0.2) is 12.1 Å². The van der Waals surface area contributed by atoms with Gasteiger partial charge in [0.1, 0.15) is 5.75 Å². The van der Waals surface area contributed by atoms with Crippen LogP contribution in [0.2, 0.25) is 10.0 Å². The van der Waals surface area contributed by atoms with Crippen molar-refractivity contribution >= 4 is 23.2 Å². The molecule has 2 nitrogen and oxygen atoms in total. The minimum Gasteiger partial charge on any atom is -0.492 e. The van der Waals surface area contributed by atoms with E-state index in [1.54, 1.807) is 0 Å². The molecule has 0 saturated carbocycles. The standard InChI is InChI=1S/C16H25Cl2NO/c1-6-16(4,5)15(19-7-2)11-9-13(18)14(20-8-3)10-12(11)17/h9-10,15,19H,6-8H2,1-5H3. The SMILES string of the molecule is CCNC(c1cc(Cl)c(OCC)cc1Cl)C(C)(C)CC. The molecule has 0 aliphatic heterocycles. The fourth-order valence-electron chi connectivity index (χ4n) is 2.25. The smallest absolute Gasteiger partial charge is 0.139 e. The van der Waals surface area contributed by atoms with E-state index in [4.69, 9.17) is 27.9 Å². The molecule has 0 saturated heterocycles. The minimum absolute atomic E-state index is 0.0934. The third kappa shape index (κ3) is 4.03. The van der Waals surface area contributed by atoms with Gasteiger partial charge in [-0.1, -0.05) is 50.9 Å². The van der Waals surface area contributed by atoms with Crippen molar-refractivity contribution in [2.24, 2.45) is 5.41 Å². The molecular weight excluding hydrogens is 293 g/mol. The predicted octanol–water partition coefficient (Wildman–Crippen LogP) is 5.48. The van der Waals surface area contributed by atoms with Gasteiger partial charge in [0.2, 0.25) is 0 Å². The minimum atomic E-state index is 0.0934. The number of nitrogens with one attached hydrogen (secondary N) is 1. The van der Waals surface area contributed by atoms with E-state index in [0.29, 0.717) is 22.4 Å². The Hall–Kier alpha value is -0.440. The largest absolute Gasteiger partial charge is 0.492 e. The maximum absolute atomic E-state index is 6.45. The number of hydrogen-bond donors (Lipinski definition) is 1. The molecule has 1 N–H and O–H groups in total. The van der Waals surface area contributed by atoms with Crippen molar-refractivity contribution in [2.75, 3.05) is 13.2 Å². The van der Waals surface area contributed by atoms with Gasteiger partial charge in [-0.15, -0.1) is 0 Å². The number of halogens is 2. The highest BCUT2D eigenvalue weighted by Gasteiger charge is 2.30. The van der Waals surface area contributed by atoms with Crippen LogP contribution in [0.25, 0.3) is 0 Å². The Morgan fingerprint density at radius 3 is 2.30 bits per heavy atom. The number of ether oxygens (including phenoxy) is 1. The molecule has 0 aliphatic carbocycles. The summed E-state index contributed by atoms with van der Waals surface area (Å²) in [4.78, 5) is 0. The molecule has 0 amide bonds. The molecular formula is C16H25Cl2NO. The first-order valence-electron chi connectivity index (χ1n) is 7.22. The van der Waals surface area contributed by atoms with E-state index in [9.17, 15) is 0 Å². The van der Waals surface area contributed by atoms with Gasteiger partial charge in [-0.3, -0.25) is 0 Å². The van der Waals surface area contributed by atoms with E-state index < -0.39 is 0 Å². The van der Waals surface area contributed by atoms with Gasteiger partial charge in [-0.05, 0) is 36.9 Å². The van der Waals surface area contributed by atoms with Gasteiger partial charge in [0.25, 0.3) is 0 Å². The second kappa shape index (κ2) is 7.53. The van der Waals surface area contributed by atoms with Crippen molar-refractivity contribution in [1.82, 2.24) is 5.32 Å². The van der Waals surface area contributed by atoms with Gasteiger partial charge in [0, 0.05) is 17.1 Å². The maximum Gasteiger partial charge on any atom is 0.139 e. The van der Waals surface area contributed by atoms with Crippen LogP contribution in [0.3, 0.4) is 0 Å². The van der Waals surface area contributed by atoms with E-state index in [-0.39, 0.29) is 11.5 Å². The van der Waals surface area contributed by atoms with Gasteiger partial charge in [-0.25, -0.2) is 0 Å². The zero-order valence-electron chi connectivity index (χ0n) is 13.0. The van der Waals surface area contributed by atoms with Gasteiger partial charge in [0.15, 0.2) is 0 Å². The summed E-state index contributed by atoms with van der Waals surface area (Å²) in [7, 11) is 0. The molecule has 0 spiro atoms. The third-order valence-electron chi connectivity index (χ3n) is 3.76. The first-order chi connectivity index (χ1) is 9.37. The summed E-state index contributed by atoms with van der Waals surface area (Å²) < 4.78 is 5.49. The predicted molar refractivity (Wildman–Crippen MR) is 88.1 cm³/mol. The average Bonchev–Trinajstić information content (AvgIpc) is 2.40. The Balaban J connectivity index is 3.24. The highest BCUT2D eigenvalue weighted by Crippen LogP contribution is 2.42. The molecule has 1 aromatic carbocycles. The molecule has 1 rings (SSSR count). The van der Waals surface area contributed by atoms with Crippen molar-refractivity contribution in [3.63, 3.8) is 0 Å². The van der Waals surface area contributed by atoms with Crippen LogP contribution in [0.4, 0.5) is 0 Å². The molecule has 1 aromatic rings. The quantitative estimate of drug-likeness (QED) is 0.719. The Morgan fingerprint density at radius 2 is 1.80 bits per heavy atom. The van der Waals surface area contributed by atoms with Gasteiger partial charge in [-0.2, -0.15) is 0 Å². The summed E-state index contributed by atoms with van der Waals surface area (Å²) in [5.74, 6) is 0.646. The second-order valence-corrected chi connectivity index (χ2v) is 6.38. The van der Waals surface area contributed by atoms with Crippen molar-refractivity contribution in [1.29, 1.82) is 0 Å². The number of hydrogen-bond acceptors (Lipinski definition) is 2. The highest BCUT2D eigenvalue weighted by molar-refractivity contribution is 6.34. The molecule has 20 heavy (non-hydrogen) atoms. The lowest BCUT2D eigenvalue weighted by molar-refractivity contribution is 0.237. The van der Waals surface area contributed by atoms with Crippen LogP contribution in [-0.2, 0) is 0 Å². The van der Waals surface area contributed by atoms with Gasteiger partial charge < -0.3 is 10.1 Å². The van der Waals surface area contributed by atoms with Crippen molar-refractivity contribution in [3.05, 3.63) is 27.7 Å². The topological polar surface area (TPSA) is 21.3 Å². The molecule has 0 aromatic heterocycles. The molecule has 1 unspecified atom stereocenters.